The van der Waals surface area contributed by atoms with E-state index in [4.69, 9.17) is 5.73 Å². The first-order valence-electron chi connectivity index (χ1n) is 12.4. The molecule has 4 heterocycles. The summed E-state index contributed by atoms with van der Waals surface area (Å²) in [5, 5.41) is 4.32. The van der Waals surface area contributed by atoms with Crippen molar-refractivity contribution in [3.63, 3.8) is 0 Å². The largest absolute Gasteiger partial charge is 0.393 e. The number of carbonyl (C=O) groups excluding carboxylic acids is 1. The average molecular weight is 550 g/mol. The molecule has 4 N–H and O–H groups in total. The summed E-state index contributed by atoms with van der Waals surface area (Å²) in [5.41, 5.74) is 7.38. The van der Waals surface area contributed by atoms with E-state index in [2.05, 4.69) is 25.2 Å². The first-order valence-corrected chi connectivity index (χ1v) is 13.2. The van der Waals surface area contributed by atoms with Gasteiger partial charge in [0.2, 0.25) is 5.91 Å². The maximum Gasteiger partial charge on any atom is 0.393 e. The molecule has 1 amide bonds. The predicted octanol–water partition coefficient (Wildman–Crippen LogP) is 3.57. The molecule has 1 aliphatic heterocycles. The van der Waals surface area contributed by atoms with Crippen LogP contribution in [-0.2, 0) is 24.3 Å². The van der Waals surface area contributed by atoms with Crippen molar-refractivity contribution in [2.75, 3.05) is 18.0 Å². The molecular formula is C25H30F3N7O2S. The second kappa shape index (κ2) is 9.09. The topological polar surface area (TPSA) is 122 Å². The van der Waals surface area contributed by atoms with Crippen LogP contribution >= 0.6 is 11.3 Å². The Hall–Kier alpha value is -3.45. The number of thiophene rings is 1. The number of carbonyl (C=O) groups is 1. The number of halogens is 3. The number of aromatic amines is 1. The van der Waals surface area contributed by atoms with E-state index < -0.39 is 18.5 Å². The lowest BCUT2D eigenvalue weighted by Gasteiger charge is -2.49. The molecule has 2 fully saturated rings. The van der Waals surface area contributed by atoms with Crippen LogP contribution in [0.15, 0.2) is 35.4 Å². The summed E-state index contributed by atoms with van der Waals surface area (Å²) in [4.78, 5) is 37.8. The van der Waals surface area contributed by atoms with Crippen molar-refractivity contribution in [2.45, 2.75) is 51.0 Å². The second-order valence-electron chi connectivity index (χ2n) is 10.4. The first kappa shape index (κ1) is 24.9. The molecule has 38 heavy (non-hydrogen) atoms. The Morgan fingerprint density at radius 1 is 1.29 bits per heavy atom. The number of aromatic nitrogens is 4. The van der Waals surface area contributed by atoms with E-state index in [-0.39, 0.29) is 25.4 Å². The van der Waals surface area contributed by atoms with Crippen molar-refractivity contribution in [1.29, 1.82) is 0 Å². The van der Waals surface area contributed by atoms with Crippen LogP contribution in [0, 0.1) is 5.41 Å². The molecule has 1 atom stereocenters. The summed E-state index contributed by atoms with van der Waals surface area (Å²) in [5.74, 6) is 0.140. The van der Waals surface area contributed by atoms with Crippen LogP contribution in [0.4, 0.5) is 19.0 Å². The van der Waals surface area contributed by atoms with Gasteiger partial charge in [0.15, 0.2) is 0 Å². The van der Waals surface area contributed by atoms with Crippen molar-refractivity contribution < 1.29 is 20.8 Å². The SMILES string of the molecule is NC(=O)Cn1c(=O)[nH]c2cc(CNC3CCC4(C3)CN(c3ncnc5sc(CC(F)(F)F)cc35)C4)ccc21.[HH].[HH]. The molecule has 1 aromatic carbocycles. The molecule has 2 aliphatic rings. The van der Waals surface area contributed by atoms with Crippen LogP contribution in [0.2, 0.25) is 0 Å². The molecule has 0 bridgehead atoms. The summed E-state index contributed by atoms with van der Waals surface area (Å²) >= 11 is 1.07. The fourth-order valence-electron chi connectivity index (χ4n) is 5.91. The number of fused-ring (bicyclic) bond motifs is 2. The molecule has 1 unspecified atom stereocenters. The van der Waals surface area contributed by atoms with E-state index in [0.717, 1.165) is 49.3 Å². The molecule has 4 aromatic rings. The van der Waals surface area contributed by atoms with E-state index in [0.29, 0.717) is 39.7 Å². The standard InChI is InChI=1S/C25H26F3N7O2S.2H2/c26-25(27,28)8-16-6-17-21(31-13-32-22(17)38-16)34-11-24(12-34)4-3-15(7-24)30-9-14-1-2-19-18(5-14)33-23(37)35(19)10-20(29)36;;/h1-2,5-6,13,15,30H,3-4,7-12H2,(H2,29,36)(H,33,37);2*1H. The minimum Gasteiger partial charge on any atom is -0.368 e. The number of alkyl halides is 3. The molecule has 1 saturated heterocycles. The Morgan fingerprint density at radius 3 is 2.87 bits per heavy atom. The number of imidazole rings is 1. The zero-order valence-corrected chi connectivity index (χ0v) is 21.2. The van der Waals surface area contributed by atoms with Gasteiger partial charge < -0.3 is 20.9 Å². The number of anilines is 1. The molecule has 9 nitrogen and oxygen atoms in total. The third-order valence-corrected chi connectivity index (χ3v) is 8.58. The molecule has 13 heteroatoms. The Bertz CT molecular complexity index is 1600. The van der Waals surface area contributed by atoms with Gasteiger partial charge in [0, 0.05) is 38.8 Å². The van der Waals surface area contributed by atoms with E-state index in [1.165, 1.54) is 10.9 Å². The number of nitrogens with zero attached hydrogens (tertiary/aromatic N) is 4. The number of amides is 1. The summed E-state index contributed by atoms with van der Waals surface area (Å²) in [6.45, 7) is 2.12. The van der Waals surface area contributed by atoms with Crippen LogP contribution in [0.1, 0.15) is 32.6 Å². The molecular weight excluding hydrogens is 519 g/mol. The average Bonchev–Trinajstić information content (AvgIpc) is 3.50. The van der Waals surface area contributed by atoms with Crippen molar-refractivity contribution in [3.8, 4) is 0 Å². The van der Waals surface area contributed by atoms with E-state index in [1.54, 1.807) is 6.07 Å². The van der Waals surface area contributed by atoms with Gasteiger partial charge in [0.25, 0.3) is 0 Å². The minimum atomic E-state index is -4.25. The van der Waals surface area contributed by atoms with Gasteiger partial charge in [-0.1, -0.05) is 6.07 Å². The number of H-pyrrole nitrogens is 1. The number of hydrogen-bond acceptors (Lipinski definition) is 7. The Morgan fingerprint density at radius 2 is 2.11 bits per heavy atom. The van der Waals surface area contributed by atoms with E-state index >= 15 is 0 Å². The van der Waals surface area contributed by atoms with Gasteiger partial charge in [-0.25, -0.2) is 14.8 Å². The highest BCUT2D eigenvalue weighted by Gasteiger charge is 2.48. The van der Waals surface area contributed by atoms with Crippen molar-refractivity contribution in [1.82, 2.24) is 24.8 Å². The summed E-state index contributed by atoms with van der Waals surface area (Å²) in [7, 11) is 0. The molecule has 3 aromatic heterocycles. The molecule has 0 radical (unpaired) electrons. The van der Waals surface area contributed by atoms with Gasteiger partial charge in [0.1, 0.15) is 23.5 Å². The molecule has 1 saturated carbocycles. The van der Waals surface area contributed by atoms with Crippen LogP contribution in [0.3, 0.4) is 0 Å². The van der Waals surface area contributed by atoms with Gasteiger partial charge in [-0.3, -0.25) is 9.36 Å². The lowest BCUT2D eigenvalue weighted by molar-refractivity contribution is -0.126. The number of rotatable bonds is 7. The Kier molecular flexibility index (Phi) is 5.94. The highest BCUT2D eigenvalue weighted by molar-refractivity contribution is 7.18. The van der Waals surface area contributed by atoms with Crippen LogP contribution in [0.25, 0.3) is 21.3 Å². The number of hydrogen-bond donors (Lipinski definition) is 3. The third kappa shape index (κ3) is 4.75. The van der Waals surface area contributed by atoms with Crippen LogP contribution in [-0.4, -0.2) is 50.7 Å². The van der Waals surface area contributed by atoms with Gasteiger partial charge >= 0.3 is 11.9 Å². The van der Waals surface area contributed by atoms with E-state index in [9.17, 15) is 22.8 Å². The first-order chi connectivity index (χ1) is 18.1. The van der Waals surface area contributed by atoms with Gasteiger partial charge in [-0.05, 0) is 43.0 Å². The van der Waals surface area contributed by atoms with E-state index in [1.807, 2.05) is 18.2 Å². The number of nitrogens with two attached hydrogens (primary N) is 1. The van der Waals surface area contributed by atoms with Gasteiger partial charge in [-0.2, -0.15) is 13.2 Å². The zero-order chi connectivity index (χ0) is 26.7. The summed E-state index contributed by atoms with van der Waals surface area (Å²) < 4.78 is 39.9. The van der Waals surface area contributed by atoms with Gasteiger partial charge in [0.05, 0.1) is 22.8 Å². The van der Waals surface area contributed by atoms with Crippen LogP contribution in [0.5, 0.6) is 0 Å². The number of primary amides is 1. The highest BCUT2D eigenvalue weighted by atomic mass is 32.1. The summed E-state index contributed by atoms with van der Waals surface area (Å²) in [6.07, 6.45) is -0.653. The Labute approximate surface area is 221 Å². The molecule has 6 rings (SSSR count). The molecule has 1 spiro atoms. The number of nitrogens with one attached hydrogen (secondary N) is 2. The monoisotopic (exact) mass is 549 g/mol. The normalized spacial score (nSPS) is 19.0. The Balaban J connectivity index is 0.00000185. The maximum absolute atomic E-state index is 12.9. The van der Waals surface area contributed by atoms with Gasteiger partial charge in [-0.15, -0.1) is 11.3 Å². The lowest BCUT2D eigenvalue weighted by atomic mass is 9.78. The smallest absolute Gasteiger partial charge is 0.368 e. The molecule has 204 valence electrons. The van der Waals surface area contributed by atoms with Crippen molar-refractivity contribution in [2.24, 2.45) is 11.1 Å². The fraction of sp³-hybridized carbons (Fsp3) is 0.440. The maximum atomic E-state index is 12.9. The summed E-state index contributed by atoms with van der Waals surface area (Å²) in [6, 6.07) is 7.59. The van der Waals surface area contributed by atoms with Crippen molar-refractivity contribution in [3.05, 3.63) is 51.5 Å². The second-order valence-corrected chi connectivity index (χ2v) is 11.5. The minimum absolute atomic E-state index is 0. The quantitative estimate of drug-likeness (QED) is 0.324. The molecule has 1 aliphatic carbocycles. The lowest BCUT2D eigenvalue weighted by Crippen LogP contribution is -2.56. The number of benzene rings is 1. The predicted molar refractivity (Wildman–Crippen MR) is 142 cm³/mol. The van der Waals surface area contributed by atoms with Crippen LogP contribution < -0.4 is 21.6 Å². The third-order valence-electron chi connectivity index (χ3n) is 7.54. The highest BCUT2D eigenvalue weighted by Crippen LogP contribution is 2.48. The zero-order valence-electron chi connectivity index (χ0n) is 20.3. The fourth-order valence-corrected chi connectivity index (χ4v) is 6.93. The van der Waals surface area contributed by atoms with Crippen molar-refractivity contribution >= 4 is 44.3 Å².